The Morgan fingerprint density at radius 2 is 1.34 bits per heavy atom. The van der Waals surface area contributed by atoms with Crippen LogP contribution in [0.2, 0.25) is 0 Å². The van der Waals surface area contributed by atoms with Crippen molar-refractivity contribution < 1.29 is 45.4 Å². The predicted octanol–water partition coefficient (Wildman–Crippen LogP) is 6.45. The van der Waals surface area contributed by atoms with Gasteiger partial charge in [0.1, 0.15) is 11.6 Å². The average molecular weight is 643 g/mol. The van der Waals surface area contributed by atoms with Gasteiger partial charge in [-0.25, -0.2) is 18.4 Å². The molecule has 2 aromatic carbocycles. The molecule has 0 aliphatic rings. The van der Waals surface area contributed by atoms with E-state index < -0.39 is 34.1 Å². The molecule has 2 rings (SSSR count). The van der Waals surface area contributed by atoms with Crippen molar-refractivity contribution in [3.05, 3.63) is 69.3 Å². The lowest BCUT2D eigenvalue weighted by Gasteiger charge is -2.14. The highest BCUT2D eigenvalue weighted by atomic mass is 127. The molecule has 0 amide bonds. The Balaban J connectivity index is 0.000000485. The molecule has 0 aliphatic carbocycles. The zero-order valence-electron chi connectivity index (χ0n) is 16.7. The highest BCUT2D eigenvalue weighted by Gasteiger charge is 2.42. The summed E-state index contributed by atoms with van der Waals surface area (Å²) in [7, 11) is 0. The predicted molar refractivity (Wildman–Crippen MR) is 117 cm³/mol. The van der Waals surface area contributed by atoms with Crippen LogP contribution in [-0.2, 0) is 25.0 Å². The quantitative estimate of drug-likeness (QED) is 0.163. The topological polar surface area (TPSA) is 52.6 Å². The number of halogens is 8. The molecule has 0 atom stereocenters. The third-order valence-corrected chi connectivity index (χ3v) is 4.01. The average Bonchev–Trinajstić information content (AvgIpc) is 2.68. The van der Waals surface area contributed by atoms with Crippen LogP contribution in [0.4, 0.5) is 26.3 Å². The maximum Gasteiger partial charge on any atom is 0.395 e. The van der Waals surface area contributed by atoms with Gasteiger partial charge in [-0.05, 0) is 66.8 Å². The van der Waals surface area contributed by atoms with Gasteiger partial charge in [0.25, 0.3) is 0 Å². The van der Waals surface area contributed by atoms with Crippen LogP contribution in [0.5, 0.6) is 0 Å². The van der Waals surface area contributed by atoms with Gasteiger partial charge < -0.3 is 9.47 Å². The van der Waals surface area contributed by atoms with Gasteiger partial charge in [-0.3, -0.25) is 0 Å². The number of ether oxygens (including phenoxy) is 2. The Morgan fingerprint density at radius 3 is 1.69 bits per heavy atom. The van der Waals surface area contributed by atoms with Crippen molar-refractivity contribution in [1.82, 2.24) is 0 Å². The van der Waals surface area contributed by atoms with Crippen LogP contribution in [0.15, 0.2) is 48.5 Å². The van der Waals surface area contributed by atoms with Crippen molar-refractivity contribution in [2.75, 3.05) is 13.2 Å². The van der Waals surface area contributed by atoms with Crippen molar-refractivity contribution in [2.45, 2.75) is 24.6 Å². The number of alkyl halides is 5. The molecule has 0 heterocycles. The molecule has 0 aliphatic heterocycles. The number of esters is 2. The summed E-state index contributed by atoms with van der Waals surface area (Å²) in [6, 6.07) is 10.2. The van der Waals surface area contributed by atoms with E-state index in [0.717, 1.165) is 21.8 Å². The summed E-state index contributed by atoms with van der Waals surface area (Å²) in [5.74, 6) is -8.02. The first-order valence-electron chi connectivity index (χ1n) is 8.71. The Hall–Kier alpha value is -1.83. The molecule has 0 bridgehead atoms. The highest BCUT2D eigenvalue weighted by Crippen LogP contribution is 2.29. The van der Waals surface area contributed by atoms with Crippen LogP contribution in [0, 0.1) is 15.2 Å². The molecule has 0 radical (unpaired) electrons. The Bertz CT molecular complexity index is 860. The molecule has 12 heteroatoms. The fourth-order valence-corrected chi connectivity index (χ4v) is 2.32. The normalized spacial score (nSPS) is 10.7. The Kier molecular flexibility index (Phi) is 13.5. The van der Waals surface area contributed by atoms with Gasteiger partial charge >= 0.3 is 22.7 Å². The summed E-state index contributed by atoms with van der Waals surface area (Å²) in [4.78, 5) is 17.4. The number of carbonyl (C=O) groups is 2. The summed E-state index contributed by atoms with van der Waals surface area (Å²) in [6.45, 7) is 2.68. The van der Waals surface area contributed by atoms with Gasteiger partial charge in [0.15, 0.2) is 0 Å². The van der Waals surface area contributed by atoms with Crippen molar-refractivity contribution >= 4 is 50.5 Å². The second kappa shape index (κ2) is 14.3. The minimum absolute atomic E-state index is 0.0416. The molecule has 2 aromatic rings. The second-order valence-corrected chi connectivity index (χ2v) is 7.70. The first-order valence-corrected chi connectivity index (χ1v) is 10.6. The number of hydrogen-bond donors (Lipinski definition) is 0. The molecule has 0 saturated heterocycles. The minimum atomic E-state index is -3.81. The molecule has 0 aromatic heterocycles. The highest BCUT2D eigenvalue weighted by molar-refractivity contribution is 14.1. The summed E-state index contributed by atoms with van der Waals surface area (Å²) >= 11 is 3.90. The van der Waals surface area contributed by atoms with E-state index >= 15 is 0 Å². The lowest BCUT2D eigenvalue weighted by molar-refractivity contribution is -0.173. The molecule has 178 valence electrons. The third-order valence-electron chi connectivity index (χ3n) is 3.01. The van der Waals surface area contributed by atoms with E-state index in [1.807, 2.05) is 22.0 Å². The van der Waals surface area contributed by atoms with E-state index in [2.05, 4.69) is 32.1 Å². The number of hydrogen-bond acceptors (Lipinski definition) is 4. The number of rotatable bonds is 5. The van der Waals surface area contributed by atoms with Crippen molar-refractivity contribution in [3.8, 4) is 0 Å². The van der Waals surface area contributed by atoms with Gasteiger partial charge in [0.05, 0.1) is 13.2 Å². The van der Waals surface area contributed by atoms with E-state index in [1.165, 1.54) is 26.0 Å². The fourth-order valence-electron chi connectivity index (χ4n) is 1.70. The van der Waals surface area contributed by atoms with Crippen LogP contribution in [0.1, 0.15) is 19.4 Å². The van der Waals surface area contributed by atoms with Gasteiger partial charge in [0, 0.05) is 25.1 Å². The molecule has 4 nitrogen and oxygen atoms in total. The van der Waals surface area contributed by atoms with Crippen LogP contribution in [0.3, 0.4) is 0 Å². The first kappa shape index (κ1) is 30.2. The van der Waals surface area contributed by atoms with Crippen LogP contribution in [-0.4, -0.2) is 30.0 Å². The Morgan fingerprint density at radius 1 is 0.875 bits per heavy atom. The van der Waals surface area contributed by atoms with Crippen molar-refractivity contribution in [1.29, 1.82) is 0 Å². The first-order chi connectivity index (χ1) is 14.7. The molecule has 32 heavy (non-hydrogen) atoms. The molecule has 0 saturated carbocycles. The summed E-state index contributed by atoms with van der Waals surface area (Å²) in [6.07, 6.45) is 0. The summed E-state index contributed by atoms with van der Waals surface area (Å²) < 4.78 is 84.0. The van der Waals surface area contributed by atoms with Gasteiger partial charge in [0.2, 0.25) is 0 Å². The molecular weight excluding hydrogens is 625 g/mol. The largest absolute Gasteiger partial charge is 0.461 e. The SMILES string of the molecule is CCOC(=O)C(F)(F)Br.CCOC(=O)C(F)(F)c1cccc(F)c1.Fc1cccc(I)c1. The standard InChI is InChI=1S/C10H9F3O2.C6H4FI.C4H5BrF2O2/c1-2-15-9(14)10(12,13)7-4-3-5-8(11)6-7;7-5-2-1-3-6(8)4-5;1-2-9-3(8)4(5,6)7/h3-6H,2H2,1H3;1-4H;2H2,1H3. The van der Waals surface area contributed by atoms with Crippen LogP contribution >= 0.6 is 38.5 Å². The summed E-state index contributed by atoms with van der Waals surface area (Å²) in [5, 5.41) is 0. The van der Waals surface area contributed by atoms with Gasteiger partial charge in [-0.1, -0.05) is 18.2 Å². The van der Waals surface area contributed by atoms with Crippen molar-refractivity contribution in [3.63, 3.8) is 0 Å². The van der Waals surface area contributed by atoms with E-state index in [4.69, 9.17) is 0 Å². The maximum atomic E-state index is 13.3. The van der Waals surface area contributed by atoms with Gasteiger partial charge in [-0.2, -0.15) is 17.6 Å². The van der Waals surface area contributed by atoms with Crippen LogP contribution in [0.25, 0.3) is 0 Å². The Labute approximate surface area is 202 Å². The lowest BCUT2D eigenvalue weighted by Crippen LogP contribution is -2.28. The van der Waals surface area contributed by atoms with Crippen LogP contribution < -0.4 is 0 Å². The van der Waals surface area contributed by atoms with E-state index in [-0.39, 0.29) is 19.0 Å². The molecule has 0 fully saturated rings. The monoisotopic (exact) mass is 642 g/mol. The smallest absolute Gasteiger partial charge is 0.395 e. The van der Waals surface area contributed by atoms with E-state index in [0.29, 0.717) is 6.07 Å². The zero-order chi connectivity index (χ0) is 24.9. The molecule has 0 N–H and O–H groups in total. The van der Waals surface area contributed by atoms with Crippen molar-refractivity contribution in [2.24, 2.45) is 0 Å². The third kappa shape index (κ3) is 11.7. The number of benzene rings is 2. The summed E-state index contributed by atoms with van der Waals surface area (Å²) in [5.41, 5.74) is -0.707. The van der Waals surface area contributed by atoms with E-state index in [1.54, 1.807) is 6.07 Å². The van der Waals surface area contributed by atoms with E-state index in [9.17, 15) is 35.9 Å². The fraction of sp³-hybridized carbons (Fsp3) is 0.300. The molecule has 0 spiro atoms. The molecule has 0 unspecified atom stereocenters. The van der Waals surface area contributed by atoms with Gasteiger partial charge in [-0.15, -0.1) is 0 Å². The zero-order valence-corrected chi connectivity index (χ0v) is 20.4. The molecular formula is C20H18BrF6IO4. The lowest BCUT2D eigenvalue weighted by atomic mass is 10.1. The second-order valence-electron chi connectivity index (χ2n) is 5.46. The minimum Gasteiger partial charge on any atom is -0.461 e. The maximum absolute atomic E-state index is 13.3. The number of carbonyl (C=O) groups excluding carboxylic acids is 2.